The summed E-state index contributed by atoms with van der Waals surface area (Å²) in [4.78, 5) is 0. The van der Waals surface area contributed by atoms with Crippen LogP contribution in [0.4, 0.5) is 0 Å². The van der Waals surface area contributed by atoms with E-state index in [4.69, 9.17) is 9.47 Å². The minimum atomic E-state index is 0.859. The molecule has 0 fully saturated rings. The van der Waals surface area contributed by atoms with Crippen molar-refractivity contribution in [3.05, 3.63) is 66.1 Å². The molecule has 2 aromatic carbocycles. The molecule has 0 saturated carbocycles. The van der Waals surface area contributed by atoms with Crippen LogP contribution in [0.25, 0.3) is 0 Å². The van der Waals surface area contributed by atoms with Gasteiger partial charge >= 0.3 is 0 Å². The van der Waals surface area contributed by atoms with E-state index in [0.717, 1.165) is 23.5 Å². The molecule has 0 aliphatic carbocycles. The predicted octanol–water partition coefficient (Wildman–Crippen LogP) is 3.50. The second-order valence-corrected chi connectivity index (χ2v) is 4.00. The average molecular weight is 241 g/mol. The number of ether oxygens (including phenoxy) is 2. The minimum Gasteiger partial charge on any atom is -0.497 e. The van der Waals surface area contributed by atoms with Crippen molar-refractivity contribution in [2.24, 2.45) is 0 Å². The summed E-state index contributed by atoms with van der Waals surface area (Å²) in [6, 6.07) is 16.1. The van der Waals surface area contributed by atoms with Crippen LogP contribution in [-0.4, -0.2) is 14.2 Å². The van der Waals surface area contributed by atoms with E-state index in [9.17, 15) is 0 Å². The van der Waals surface area contributed by atoms with Gasteiger partial charge in [0.1, 0.15) is 11.5 Å². The van der Waals surface area contributed by atoms with Crippen LogP contribution in [-0.2, 0) is 6.42 Å². The van der Waals surface area contributed by atoms with E-state index >= 15 is 0 Å². The van der Waals surface area contributed by atoms with Gasteiger partial charge in [0, 0.05) is 0 Å². The summed E-state index contributed by atoms with van der Waals surface area (Å²) in [6.45, 7) is 0. The van der Waals surface area contributed by atoms with E-state index in [0.29, 0.717) is 0 Å². The largest absolute Gasteiger partial charge is 0.497 e. The maximum atomic E-state index is 5.32. The number of benzene rings is 2. The Morgan fingerprint density at radius 3 is 2.56 bits per heavy atom. The van der Waals surface area contributed by atoms with Crippen LogP contribution in [0.15, 0.2) is 48.5 Å². The van der Waals surface area contributed by atoms with Gasteiger partial charge in [0.15, 0.2) is 0 Å². The first-order valence-corrected chi connectivity index (χ1v) is 5.92. The zero-order chi connectivity index (χ0) is 12.8. The van der Waals surface area contributed by atoms with Crippen molar-refractivity contribution in [2.45, 2.75) is 6.42 Å². The van der Waals surface area contributed by atoms with Gasteiger partial charge in [-0.1, -0.05) is 30.3 Å². The number of para-hydroxylation sites is 1. The fraction of sp³-hybridized carbons (Fsp3) is 0.188. The number of rotatable bonds is 5. The number of hydrogen-bond acceptors (Lipinski definition) is 2. The lowest BCUT2D eigenvalue weighted by atomic mass is 10.0. The summed E-state index contributed by atoms with van der Waals surface area (Å²) in [7, 11) is 3.38. The van der Waals surface area contributed by atoms with Crippen molar-refractivity contribution in [1.82, 2.24) is 0 Å². The quantitative estimate of drug-likeness (QED) is 0.797. The predicted molar refractivity (Wildman–Crippen MR) is 73.1 cm³/mol. The SMILES string of the molecule is COc1cccc(C[CH]c2ccccc2OC)c1. The van der Waals surface area contributed by atoms with Crippen LogP contribution in [0, 0.1) is 6.42 Å². The third-order valence-electron chi connectivity index (χ3n) is 2.83. The molecule has 0 aromatic heterocycles. The Morgan fingerprint density at radius 2 is 1.78 bits per heavy atom. The topological polar surface area (TPSA) is 18.5 Å². The fourth-order valence-corrected chi connectivity index (χ4v) is 1.86. The Bertz CT molecular complexity index is 506. The first kappa shape index (κ1) is 12.5. The van der Waals surface area contributed by atoms with Crippen molar-refractivity contribution in [1.29, 1.82) is 0 Å². The molecule has 0 heterocycles. The normalized spacial score (nSPS) is 10.1. The summed E-state index contributed by atoms with van der Waals surface area (Å²) < 4.78 is 10.5. The van der Waals surface area contributed by atoms with Crippen LogP contribution >= 0.6 is 0 Å². The molecule has 0 unspecified atom stereocenters. The van der Waals surface area contributed by atoms with Crippen molar-refractivity contribution in [3.63, 3.8) is 0 Å². The molecule has 0 N–H and O–H groups in total. The van der Waals surface area contributed by atoms with E-state index in [1.807, 2.05) is 36.4 Å². The van der Waals surface area contributed by atoms with Crippen LogP contribution in [0.5, 0.6) is 11.5 Å². The molecule has 0 aliphatic heterocycles. The zero-order valence-corrected chi connectivity index (χ0v) is 10.7. The lowest BCUT2D eigenvalue weighted by molar-refractivity contribution is 0.412. The molecule has 2 rings (SSSR count). The Kier molecular flexibility index (Phi) is 4.24. The van der Waals surface area contributed by atoms with Gasteiger partial charge in [-0.3, -0.25) is 0 Å². The molecule has 0 saturated heterocycles. The van der Waals surface area contributed by atoms with Gasteiger partial charge in [0.25, 0.3) is 0 Å². The Morgan fingerprint density at radius 1 is 0.944 bits per heavy atom. The molecule has 0 bridgehead atoms. The summed E-state index contributed by atoms with van der Waals surface area (Å²) in [5, 5.41) is 0. The van der Waals surface area contributed by atoms with Crippen LogP contribution in [0.3, 0.4) is 0 Å². The van der Waals surface area contributed by atoms with Gasteiger partial charge in [-0.05, 0) is 42.2 Å². The van der Waals surface area contributed by atoms with Crippen molar-refractivity contribution in [3.8, 4) is 11.5 Å². The van der Waals surface area contributed by atoms with E-state index in [1.165, 1.54) is 5.56 Å². The minimum absolute atomic E-state index is 0.859. The standard InChI is InChI=1S/C16H17O2/c1-17-15-8-5-6-13(12-15)10-11-14-7-3-4-9-16(14)18-2/h3-9,11-12H,10H2,1-2H3. The number of hydrogen-bond donors (Lipinski definition) is 0. The molecule has 2 nitrogen and oxygen atoms in total. The summed E-state index contributed by atoms with van der Waals surface area (Å²) in [5.74, 6) is 1.79. The second kappa shape index (κ2) is 6.10. The molecule has 0 atom stereocenters. The highest BCUT2D eigenvalue weighted by Crippen LogP contribution is 2.22. The smallest absolute Gasteiger partial charge is 0.122 e. The molecule has 1 radical (unpaired) electrons. The molecule has 0 aliphatic rings. The van der Waals surface area contributed by atoms with E-state index in [2.05, 4.69) is 18.6 Å². The zero-order valence-electron chi connectivity index (χ0n) is 10.7. The van der Waals surface area contributed by atoms with Crippen LogP contribution in [0.2, 0.25) is 0 Å². The van der Waals surface area contributed by atoms with Gasteiger partial charge < -0.3 is 9.47 Å². The monoisotopic (exact) mass is 241 g/mol. The molecule has 2 aromatic rings. The second-order valence-electron chi connectivity index (χ2n) is 4.00. The summed E-state index contributed by atoms with van der Waals surface area (Å²) >= 11 is 0. The maximum absolute atomic E-state index is 5.32. The Balaban J connectivity index is 2.06. The maximum Gasteiger partial charge on any atom is 0.122 e. The van der Waals surface area contributed by atoms with Crippen molar-refractivity contribution < 1.29 is 9.47 Å². The summed E-state index contributed by atoms with van der Waals surface area (Å²) in [5.41, 5.74) is 2.34. The molecule has 0 spiro atoms. The van der Waals surface area contributed by atoms with E-state index < -0.39 is 0 Å². The molecular weight excluding hydrogens is 224 g/mol. The van der Waals surface area contributed by atoms with E-state index in [-0.39, 0.29) is 0 Å². The molecular formula is C16H17O2. The third-order valence-corrected chi connectivity index (χ3v) is 2.83. The van der Waals surface area contributed by atoms with Gasteiger partial charge in [0.2, 0.25) is 0 Å². The number of methoxy groups -OCH3 is 2. The highest BCUT2D eigenvalue weighted by atomic mass is 16.5. The lowest BCUT2D eigenvalue weighted by Crippen LogP contribution is -1.93. The van der Waals surface area contributed by atoms with Crippen LogP contribution < -0.4 is 9.47 Å². The van der Waals surface area contributed by atoms with Crippen LogP contribution in [0.1, 0.15) is 11.1 Å². The average Bonchev–Trinajstić information content (AvgIpc) is 2.45. The van der Waals surface area contributed by atoms with Crippen molar-refractivity contribution in [2.75, 3.05) is 14.2 Å². The first-order chi connectivity index (χ1) is 8.83. The summed E-state index contributed by atoms with van der Waals surface area (Å²) in [6.07, 6.45) is 3.02. The fourth-order valence-electron chi connectivity index (χ4n) is 1.86. The van der Waals surface area contributed by atoms with Gasteiger partial charge in [-0.2, -0.15) is 0 Å². The highest BCUT2D eigenvalue weighted by Gasteiger charge is 2.03. The van der Waals surface area contributed by atoms with Gasteiger partial charge in [0.05, 0.1) is 14.2 Å². The highest BCUT2D eigenvalue weighted by molar-refractivity contribution is 5.40. The lowest BCUT2D eigenvalue weighted by Gasteiger charge is -2.08. The first-order valence-electron chi connectivity index (χ1n) is 5.92. The van der Waals surface area contributed by atoms with Crippen molar-refractivity contribution >= 4 is 0 Å². The third kappa shape index (κ3) is 3.04. The Labute approximate surface area is 108 Å². The van der Waals surface area contributed by atoms with E-state index in [1.54, 1.807) is 14.2 Å². The molecule has 93 valence electrons. The van der Waals surface area contributed by atoms with Gasteiger partial charge in [-0.15, -0.1) is 0 Å². The Hall–Kier alpha value is -1.96. The molecule has 18 heavy (non-hydrogen) atoms. The molecule has 2 heteroatoms. The molecule has 0 amide bonds. The van der Waals surface area contributed by atoms with Gasteiger partial charge in [-0.25, -0.2) is 0 Å².